The Labute approximate surface area is 121 Å². The number of aryl methyl sites for hydroxylation is 3. The lowest BCUT2D eigenvalue weighted by molar-refractivity contribution is -0.121. The number of hydrogen-bond donors (Lipinski definition) is 1. The van der Waals surface area contributed by atoms with Gasteiger partial charge in [-0.25, -0.2) is 9.37 Å². The molecule has 0 aliphatic rings. The number of hydrogen-bond acceptors (Lipinski definition) is 3. The highest BCUT2D eigenvalue weighted by atomic mass is 32.1. The number of aromatic nitrogens is 1. The molecule has 0 saturated carbocycles. The molecule has 106 valence electrons. The molecule has 20 heavy (non-hydrogen) atoms. The first-order chi connectivity index (χ1) is 9.54. The molecular weight excluding hydrogens is 275 g/mol. The second-order valence-electron chi connectivity index (χ2n) is 4.64. The van der Waals surface area contributed by atoms with Crippen molar-refractivity contribution in [2.24, 2.45) is 0 Å². The molecule has 0 atom stereocenters. The van der Waals surface area contributed by atoms with E-state index >= 15 is 0 Å². The van der Waals surface area contributed by atoms with Crippen LogP contribution in [0.3, 0.4) is 0 Å². The van der Waals surface area contributed by atoms with Gasteiger partial charge in [-0.3, -0.25) is 4.79 Å². The van der Waals surface area contributed by atoms with E-state index < -0.39 is 0 Å². The number of halogens is 1. The fourth-order valence-corrected chi connectivity index (χ4v) is 2.86. The van der Waals surface area contributed by atoms with E-state index in [0.717, 1.165) is 16.3 Å². The van der Waals surface area contributed by atoms with Crippen molar-refractivity contribution in [2.75, 3.05) is 0 Å². The SMILES string of the molecule is Cc1nc(C)c(CCC(=O)NCc2ccc(F)cc2)s1. The van der Waals surface area contributed by atoms with E-state index in [1.165, 1.54) is 17.0 Å². The molecule has 2 aromatic rings. The number of carbonyl (C=O) groups excluding carboxylic acids is 1. The van der Waals surface area contributed by atoms with Crippen LogP contribution >= 0.6 is 11.3 Å². The Bertz CT molecular complexity index is 592. The zero-order valence-corrected chi connectivity index (χ0v) is 12.4. The Kier molecular flexibility index (Phi) is 4.84. The third kappa shape index (κ3) is 4.13. The second-order valence-corrected chi connectivity index (χ2v) is 5.93. The summed E-state index contributed by atoms with van der Waals surface area (Å²) in [5.74, 6) is -0.268. The minimum atomic E-state index is -0.267. The van der Waals surface area contributed by atoms with Crippen molar-refractivity contribution < 1.29 is 9.18 Å². The average Bonchev–Trinajstić information content (AvgIpc) is 2.74. The molecule has 5 heteroatoms. The van der Waals surface area contributed by atoms with Crippen LogP contribution in [0.4, 0.5) is 4.39 Å². The van der Waals surface area contributed by atoms with Crippen LogP contribution < -0.4 is 5.32 Å². The Balaban J connectivity index is 1.78. The normalized spacial score (nSPS) is 10.6. The number of amides is 1. The predicted molar refractivity (Wildman–Crippen MR) is 78.2 cm³/mol. The first kappa shape index (κ1) is 14.7. The molecule has 0 aliphatic carbocycles. The molecule has 0 bridgehead atoms. The van der Waals surface area contributed by atoms with Crippen LogP contribution in [0.5, 0.6) is 0 Å². The van der Waals surface area contributed by atoms with Gasteiger partial charge in [0.05, 0.1) is 10.7 Å². The van der Waals surface area contributed by atoms with Crippen molar-refractivity contribution in [1.82, 2.24) is 10.3 Å². The van der Waals surface area contributed by atoms with Crippen molar-refractivity contribution in [3.05, 3.63) is 51.2 Å². The van der Waals surface area contributed by atoms with Gasteiger partial charge in [0.1, 0.15) is 5.82 Å². The largest absolute Gasteiger partial charge is 0.352 e. The average molecular weight is 292 g/mol. The lowest BCUT2D eigenvalue weighted by Gasteiger charge is -2.05. The molecular formula is C15H17FN2OS. The van der Waals surface area contributed by atoms with Crippen LogP contribution in [-0.4, -0.2) is 10.9 Å². The molecule has 0 fully saturated rings. The van der Waals surface area contributed by atoms with Gasteiger partial charge < -0.3 is 5.32 Å². The van der Waals surface area contributed by atoms with E-state index in [1.807, 2.05) is 13.8 Å². The van der Waals surface area contributed by atoms with Crippen LogP contribution in [0.1, 0.15) is 27.6 Å². The summed E-state index contributed by atoms with van der Waals surface area (Å²) in [4.78, 5) is 17.3. The van der Waals surface area contributed by atoms with Crippen LogP contribution in [0.15, 0.2) is 24.3 Å². The molecule has 0 radical (unpaired) electrons. The van der Waals surface area contributed by atoms with Gasteiger partial charge >= 0.3 is 0 Å². The zero-order valence-electron chi connectivity index (χ0n) is 11.6. The van der Waals surface area contributed by atoms with Crippen molar-refractivity contribution >= 4 is 17.2 Å². The first-order valence-electron chi connectivity index (χ1n) is 6.48. The fraction of sp³-hybridized carbons (Fsp3) is 0.333. The van der Waals surface area contributed by atoms with Crippen molar-refractivity contribution in [2.45, 2.75) is 33.2 Å². The minimum absolute atomic E-state index is 0.000205. The van der Waals surface area contributed by atoms with E-state index in [0.29, 0.717) is 19.4 Å². The lowest BCUT2D eigenvalue weighted by Crippen LogP contribution is -2.22. The molecule has 1 heterocycles. The van der Waals surface area contributed by atoms with E-state index in [4.69, 9.17) is 0 Å². The number of nitrogens with zero attached hydrogens (tertiary/aromatic N) is 1. The Morgan fingerprint density at radius 2 is 2.00 bits per heavy atom. The molecule has 0 saturated heterocycles. The fourth-order valence-electron chi connectivity index (χ4n) is 1.92. The highest BCUT2D eigenvalue weighted by Gasteiger charge is 2.08. The van der Waals surface area contributed by atoms with E-state index in [-0.39, 0.29) is 11.7 Å². The minimum Gasteiger partial charge on any atom is -0.352 e. The summed E-state index contributed by atoms with van der Waals surface area (Å²) in [6.07, 6.45) is 1.16. The number of rotatable bonds is 5. The first-order valence-corrected chi connectivity index (χ1v) is 7.30. The van der Waals surface area contributed by atoms with Crippen LogP contribution in [0.25, 0.3) is 0 Å². The van der Waals surface area contributed by atoms with Gasteiger partial charge in [-0.15, -0.1) is 11.3 Å². The van der Waals surface area contributed by atoms with Crippen molar-refractivity contribution in [1.29, 1.82) is 0 Å². The van der Waals surface area contributed by atoms with Crippen molar-refractivity contribution in [3.8, 4) is 0 Å². The standard InChI is InChI=1S/C15H17FN2OS/c1-10-14(20-11(2)18-10)7-8-15(19)17-9-12-3-5-13(16)6-4-12/h3-6H,7-9H2,1-2H3,(H,17,19). The molecule has 0 aliphatic heterocycles. The number of nitrogens with one attached hydrogen (secondary N) is 1. The zero-order chi connectivity index (χ0) is 14.5. The third-order valence-electron chi connectivity index (χ3n) is 2.98. The van der Waals surface area contributed by atoms with Gasteiger partial charge in [-0.1, -0.05) is 12.1 Å². The van der Waals surface area contributed by atoms with Gasteiger partial charge in [0, 0.05) is 17.8 Å². The number of carbonyl (C=O) groups is 1. The summed E-state index contributed by atoms with van der Waals surface area (Å²) in [5, 5.41) is 3.87. The molecule has 3 nitrogen and oxygen atoms in total. The summed E-state index contributed by atoms with van der Waals surface area (Å²) >= 11 is 1.64. The maximum absolute atomic E-state index is 12.7. The highest BCUT2D eigenvalue weighted by Crippen LogP contribution is 2.18. The smallest absolute Gasteiger partial charge is 0.220 e. The van der Waals surface area contributed by atoms with Gasteiger partial charge in [-0.2, -0.15) is 0 Å². The number of benzene rings is 1. The maximum Gasteiger partial charge on any atom is 0.220 e. The summed E-state index contributed by atoms with van der Waals surface area (Å²) in [6, 6.07) is 6.13. The quantitative estimate of drug-likeness (QED) is 0.920. The molecule has 1 amide bonds. The Hall–Kier alpha value is -1.75. The molecule has 0 spiro atoms. The van der Waals surface area contributed by atoms with Gasteiger partial charge in [-0.05, 0) is 38.0 Å². The molecule has 1 aromatic carbocycles. The summed E-state index contributed by atoms with van der Waals surface area (Å²) in [6.45, 7) is 4.37. The summed E-state index contributed by atoms with van der Waals surface area (Å²) in [7, 11) is 0. The number of thiazole rings is 1. The van der Waals surface area contributed by atoms with E-state index in [2.05, 4.69) is 10.3 Å². The monoisotopic (exact) mass is 292 g/mol. The highest BCUT2D eigenvalue weighted by molar-refractivity contribution is 7.11. The maximum atomic E-state index is 12.7. The second kappa shape index (κ2) is 6.61. The topological polar surface area (TPSA) is 42.0 Å². The van der Waals surface area contributed by atoms with Gasteiger partial charge in [0.2, 0.25) is 5.91 Å². The summed E-state index contributed by atoms with van der Waals surface area (Å²) in [5.41, 5.74) is 1.91. The van der Waals surface area contributed by atoms with E-state index in [1.54, 1.807) is 23.5 Å². The predicted octanol–water partition coefficient (Wildman–Crippen LogP) is 3.15. The van der Waals surface area contributed by atoms with Crippen molar-refractivity contribution in [3.63, 3.8) is 0 Å². The van der Waals surface area contributed by atoms with Crippen LogP contribution in [0.2, 0.25) is 0 Å². The Morgan fingerprint density at radius 1 is 1.30 bits per heavy atom. The molecule has 2 rings (SSSR count). The molecule has 1 aromatic heterocycles. The van der Waals surface area contributed by atoms with Gasteiger partial charge in [0.15, 0.2) is 0 Å². The molecule has 1 N–H and O–H groups in total. The third-order valence-corrected chi connectivity index (χ3v) is 4.11. The Morgan fingerprint density at radius 3 is 2.60 bits per heavy atom. The van der Waals surface area contributed by atoms with E-state index in [9.17, 15) is 9.18 Å². The van der Waals surface area contributed by atoms with Crippen LogP contribution in [0, 0.1) is 19.7 Å². The lowest BCUT2D eigenvalue weighted by atomic mass is 10.2. The van der Waals surface area contributed by atoms with Gasteiger partial charge in [0.25, 0.3) is 0 Å². The molecule has 0 unspecified atom stereocenters. The summed E-state index contributed by atoms with van der Waals surface area (Å²) < 4.78 is 12.7. The van der Waals surface area contributed by atoms with Crippen LogP contribution in [-0.2, 0) is 17.8 Å².